The Morgan fingerprint density at radius 3 is 2.76 bits per heavy atom. The maximum Gasteiger partial charge on any atom is 0.232 e. The summed E-state index contributed by atoms with van der Waals surface area (Å²) in [6.45, 7) is 8.38. The van der Waals surface area contributed by atoms with Gasteiger partial charge in [-0.2, -0.15) is 0 Å². The molecule has 3 nitrogen and oxygen atoms in total. The van der Waals surface area contributed by atoms with E-state index in [1.165, 1.54) is 0 Å². The number of likely N-dealkylation sites (tertiary alicyclic amines) is 1. The molecule has 1 saturated heterocycles. The van der Waals surface area contributed by atoms with E-state index in [1.807, 2.05) is 4.90 Å². The van der Waals surface area contributed by atoms with Crippen molar-refractivity contribution in [2.24, 2.45) is 5.92 Å². The lowest BCUT2D eigenvalue weighted by atomic mass is 9.95. The molecule has 0 aromatic rings. The van der Waals surface area contributed by atoms with Gasteiger partial charge in [-0.1, -0.05) is 20.8 Å². The van der Waals surface area contributed by atoms with E-state index in [1.54, 1.807) is 11.8 Å². The smallest absolute Gasteiger partial charge is 0.232 e. The normalized spacial score (nSPS) is 21.6. The Morgan fingerprint density at radius 2 is 2.18 bits per heavy atom. The van der Waals surface area contributed by atoms with Crippen molar-refractivity contribution in [3.8, 4) is 0 Å². The first-order valence-electron chi connectivity index (χ1n) is 6.45. The zero-order chi connectivity index (χ0) is 12.9. The lowest BCUT2D eigenvalue weighted by molar-refractivity contribution is -0.130. The van der Waals surface area contributed by atoms with Crippen LogP contribution in [-0.2, 0) is 4.79 Å². The van der Waals surface area contributed by atoms with E-state index in [4.69, 9.17) is 5.11 Å². The van der Waals surface area contributed by atoms with Gasteiger partial charge in [0.05, 0.1) is 5.75 Å². The minimum absolute atomic E-state index is 0.149. The third kappa shape index (κ3) is 5.77. The number of rotatable bonds is 4. The number of carbonyl (C=O) groups is 1. The number of thioether (sulfide) groups is 1. The van der Waals surface area contributed by atoms with E-state index in [9.17, 15) is 4.79 Å². The molecule has 0 aromatic heterocycles. The molecule has 1 amide bonds. The molecule has 1 rings (SSSR count). The summed E-state index contributed by atoms with van der Waals surface area (Å²) in [5.41, 5.74) is 0. The second kappa shape index (κ2) is 6.64. The van der Waals surface area contributed by atoms with Crippen LogP contribution in [0.1, 0.15) is 40.0 Å². The molecule has 1 N–H and O–H groups in total. The lowest BCUT2D eigenvalue weighted by Crippen LogP contribution is -2.41. The Balaban J connectivity index is 2.36. The zero-order valence-electron chi connectivity index (χ0n) is 11.2. The van der Waals surface area contributed by atoms with Gasteiger partial charge < -0.3 is 10.0 Å². The molecule has 0 saturated carbocycles. The molecule has 1 fully saturated rings. The van der Waals surface area contributed by atoms with Crippen LogP contribution < -0.4 is 0 Å². The van der Waals surface area contributed by atoms with Crippen molar-refractivity contribution in [3.05, 3.63) is 0 Å². The van der Waals surface area contributed by atoms with Gasteiger partial charge in [-0.05, 0) is 25.2 Å². The van der Waals surface area contributed by atoms with E-state index in [0.29, 0.717) is 11.7 Å². The maximum absolute atomic E-state index is 12.0. The van der Waals surface area contributed by atoms with Gasteiger partial charge >= 0.3 is 0 Å². The third-order valence-electron chi connectivity index (χ3n) is 3.04. The monoisotopic (exact) mass is 259 g/mol. The predicted molar refractivity (Wildman–Crippen MR) is 73.2 cm³/mol. The lowest BCUT2D eigenvalue weighted by Gasteiger charge is -2.33. The molecule has 17 heavy (non-hydrogen) atoms. The van der Waals surface area contributed by atoms with Crippen molar-refractivity contribution in [2.75, 3.05) is 25.4 Å². The van der Waals surface area contributed by atoms with Crippen LogP contribution in [0.25, 0.3) is 0 Å². The van der Waals surface area contributed by atoms with Crippen molar-refractivity contribution in [1.29, 1.82) is 0 Å². The van der Waals surface area contributed by atoms with Crippen molar-refractivity contribution < 1.29 is 9.90 Å². The summed E-state index contributed by atoms with van der Waals surface area (Å²) in [7, 11) is 0. The van der Waals surface area contributed by atoms with Gasteiger partial charge in [-0.25, -0.2) is 0 Å². The first-order chi connectivity index (χ1) is 7.92. The third-order valence-corrected chi connectivity index (χ3v) is 4.30. The van der Waals surface area contributed by atoms with Crippen molar-refractivity contribution >= 4 is 17.7 Å². The van der Waals surface area contributed by atoms with Gasteiger partial charge in [-0.3, -0.25) is 4.79 Å². The minimum Gasteiger partial charge on any atom is -0.396 e. The summed E-state index contributed by atoms with van der Waals surface area (Å²) in [6.07, 6.45) is 3.06. The number of aliphatic hydroxyl groups excluding tert-OH is 1. The minimum atomic E-state index is 0.149. The van der Waals surface area contributed by atoms with Gasteiger partial charge in [0.2, 0.25) is 5.91 Å². The van der Waals surface area contributed by atoms with Crippen LogP contribution >= 0.6 is 11.8 Å². The fraction of sp³-hybridized carbons (Fsp3) is 0.923. The second-order valence-electron chi connectivity index (χ2n) is 5.76. The average Bonchev–Trinajstić information content (AvgIpc) is 2.26. The SMILES string of the molecule is CC(C)(C)SCC(=O)N1CCCC(CCO)C1. The fourth-order valence-corrected chi connectivity index (χ4v) is 2.82. The van der Waals surface area contributed by atoms with Gasteiger partial charge in [0.25, 0.3) is 0 Å². The fourth-order valence-electron chi connectivity index (χ4n) is 2.08. The number of piperidine rings is 1. The molecular formula is C13H25NO2S. The molecule has 0 bridgehead atoms. The molecule has 0 radical (unpaired) electrons. The van der Waals surface area contributed by atoms with E-state index in [-0.39, 0.29) is 17.3 Å². The standard InChI is InChI=1S/C13H25NO2S/c1-13(2,3)17-10-12(16)14-7-4-5-11(9-14)6-8-15/h11,15H,4-10H2,1-3H3. The van der Waals surface area contributed by atoms with Crippen LogP contribution in [0.2, 0.25) is 0 Å². The number of hydrogen-bond donors (Lipinski definition) is 1. The highest BCUT2D eigenvalue weighted by Crippen LogP contribution is 2.25. The Labute approximate surface area is 109 Å². The molecule has 4 heteroatoms. The summed E-state index contributed by atoms with van der Waals surface area (Å²) < 4.78 is 0.149. The molecule has 0 aliphatic carbocycles. The van der Waals surface area contributed by atoms with Gasteiger partial charge in [0.15, 0.2) is 0 Å². The highest BCUT2D eigenvalue weighted by atomic mass is 32.2. The van der Waals surface area contributed by atoms with Gasteiger partial charge in [-0.15, -0.1) is 11.8 Å². The van der Waals surface area contributed by atoms with Crippen LogP contribution in [-0.4, -0.2) is 46.1 Å². The molecule has 0 spiro atoms. The molecule has 0 aromatic carbocycles. The van der Waals surface area contributed by atoms with Crippen molar-refractivity contribution in [2.45, 2.75) is 44.8 Å². The Bertz CT molecular complexity index is 248. The van der Waals surface area contributed by atoms with Crippen LogP contribution in [0, 0.1) is 5.92 Å². The molecule has 1 atom stereocenters. The van der Waals surface area contributed by atoms with Crippen molar-refractivity contribution in [3.63, 3.8) is 0 Å². The largest absolute Gasteiger partial charge is 0.396 e. The highest BCUT2D eigenvalue weighted by Gasteiger charge is 2.24. The highest BCUT2D eigenvalue weighted by molar-refractivity contribution is 8.01. The second-order valence-corrected chi connectivity index (χ2v) is 7.56. The van der Waals surface area contributed by atoms with Crippen molar-refractivity contribution in [1.82, 2.24) is 4.90 Å². The number of aliphatic hydroxyl groups is 1. The molecule has 1 unspecified atom stereocenters. The zero-order valence-corrected chi connectivity index (χ0v) is 12.1. The van der Waals surface area contributed by atoms with Crippen LogP contribution in [0.3, 0.4) is 0 Å². The summed E-state index contributed by atoms with van der Waals surface area (Å²) in [6, 6.07) is 0. The number of amides is 1. The Hall–Kier alpha value is -0.220. The van der Waals surface area contributed by atoms with Crippen LogP contribution in [0.5, 0.6) is 0 Å². The summed E-state index contributed by atoms with van der Waals surface area (Å²) in [4.78, 5) is 14.0. The maximum atomic E-state index is 12.0. The average molecular weight is 259 g/mol. The topological polar surface area (TPSA) is 40.5 Å². The first kappa shape index (κ1) is 14.8. The summed E-state index contributed by atoms with van der Waals surface area (Å²) in [5, 5.41) is 8.95. The van der Waals surface area contributed by atoms with E-state index in [2.05, 4.69) is 20.8 Å². The quantitative estimate of drug-likeness (QED) is 0.841. The number of nitrogens with zero attached hydrogens (tertiary/aromatic N) is 1. The van der Waals surface area contributed by atoms with Gasteiger partial charge in [0, 0.05) is 24.4 Å². The van der Waals surface area contributed by atoms with Crippen LogP contribution in [0.4, 0.5) is 0 Å². The first-order valence-corrected chi connectivity index (χ1v) is 7.43. The molecule has 1 heterocycles. The summed E-state index contributed by atoms with van der Waals surface area (Å²) in [5.74, 6) is 1.33. The predicted octanol–water partition coefficient (Wildman–Crippen LogP) is 2.14. The summed E-state index contributed by atoms with van der Waals surface area (Å²) >= 11 is 1.71. The molecule has 1 aliphatic rings. The number of carbonyl (C=O) groups excluding carboxylic acids is 1. The number of hydrogen-bond acceptors (Lipinski definition) is 3. The Morgan fingerprint density at radius 1 is 1.47 bits per heavy atom. The molecule has 100 valence electrons. The van der Waals surface area contributed by atoms with E-state index < -0.39 is 0 Å². The van der Waals surface area contributed by atoms with E-state index in [0.717, 1.165) is 32.4 Å². The van der Waals surface area contributed by atoms with E-state index >= 15 is 0 Å². The van der Waals surface area contributed by atoms with Gasteiger partial charge in [0.1, 0.15) is 0 Å². The van der Waals surface area contributed by atoms with Crippen LogP contribution in [0.15, 0.2) is 0 Å². The molecule has 1 aliphatic heterocycles. The Kier molecular flexibility index (Phi) is 5.80. The molecular weight excluding hydrogens is 234 g/mol.